The van der Waals surface area contributed by atoms with Gasteiger partial charge in [-0.1, -0.05) is 30.3 Å². The number of amides is 1. The lowest BCUT2D eigenvalue weighted by atomic mass is 10.1. The minimum absolute atomic E-state index is 0.1000. The Bertz CT molecular complexity index is 910. The monoisotopic (exact) mass is 331 g/mol. The number of nitrogens with one attached hydrogen (secondary N) is 1. The number of carbonyl (C=O) groups excluding carboxylic acids is 2. The molecule has 5 heteroatoms. The Hall–Kier alpha value is -3.47. The van der Waals surface area contributed by atoms with Crippen LogP contribution in [0.4, 0.5) is 5.69 Å². The van der Waals surface area contributed by atoms with Gasteiger partial charge in [0.2, 0.25) is 5.91 Å². The van der Waals surface area contributed by atoms with Crippen molar-refractivity contribution in [2.45, 2.75) is 6.92 Å². The van der Waals surface area contributed by atoms with E-state index in [1.54, 1.807) is 41.4 Å². The average molecular weight is 331 g/mol. The first-order valence-corrected chi connectivity index (χ1v) is 7.82. The van der Waals surface area contributed by atoms with Gasteiger partial charge in [-0.2, -0.15) is 5.10 Å². The molecule has 1 N–H and O–H groups in total. The van der Waals surface area contributed by atoms with Crippen molar-refractivity contribution in [3.8, 4) is 5.69 Å². The van der Waals surface area contributed by atoms with Crippen molar-refractivity contribution in [1.29, 1.82) is 0 Å². The zero-order chi connectivity index (χ0) is 17.6. The van der Waals surface area contributed by atoms with E-state index in [2.05, 4.69) is 10.4 Å². The van der Waals surface area contributed by atoms with E-state index in [0.29, 0.717) is 5.56 Å². The van der Waals surface area contributed by atoms with Gasteiger partial charge in [-0.3, -0.25) is 9.59 Å². The molecule has 5 nitrogen and oxygen atoms in total. The number of benzene rings is 2. The first kappa shape index (κ1) is 16.4. The summed E-state index contributed by atoms with van der Waals surface area (Å²) >= 11 is 0. The summed E-state index contributed by atoms with van der Waals surface area (Å²) in [6, 6.07) is 16.4. The maximum Gasteiger partial charge on any atom is 0.221 e. The van der Waals surface area contributed by atoms with E-state index in [-0.39, 0.29) is 11.7 Å². The van der Waals surface area contributed by atoms with Gasteiger partial charge in [0.15, 0.2) is 5.78 Å². The normalized spacial score (nSPS) is 10.8. The third-order valence-electron chi connectivity index (χ3n) is 3.58. The van der Waals surface area contributed by atoms with Crippen molar-refractivity contribution in [3.63, 3.8) is 0 Å². The summed E-state index contributed by atoms with van der Waals surface area (Å²) < 4.78 is 1.67. The molecule has 0 unspecified atom stereocenters. The Kier molecular flexibility index (Phi) is 4.85. The van der Waals surface area contributed by atoms with Crippen LogP contribution < -0.4 is 5.32 Å². The van der Waals surface area contributed by atoms with Crippen LogP contribution >= 0.6 is 0 Å². The molecule has 1 amide bonds. The average Bonchev–Trinajstić information content (AvgIpc) is 3.15. The van der Waals surface area contributed by atoms with Gasteiger partial charge in [-0.05, 0) is 42.0 Å². The quantitative estimate of drug-likeness (QED) is 0.572. The van der Waals surface area contributed by atoms with Crippen LogP contribution in [0, 0.1) is 0 Å². The predicted molar refractivity (Wildman–Crippen MR) is 97.7 cm³/mol. The molecule has 0 aliphatic rings. The molecule has 0 saturated heterocycles. The van der Waals surface area contributed by atoms with Gasteiger partial charge in [0.05, 0.1) is 5.69 Å². The fraction of sp³-hybridized carbons (Fsp3) is 0.0500. The van der Waals surface area contributed by atoms with Crippen LogP contribution in [0.5, 0.6) is 0 Å². The van der Waals surface area contributed by atoms with Crippen LogP contribution in [-0.4, -0.2) is 21.5 Å². The molecule has 124 valence electrons. The van der Waals surface area contributed by atoms with Crippen LogP contribution in [-0.2, 0) is 4.79 Å². The molecular formula is C20H17N3O2. The SMILES string of the molecule is CC(=O)Nc1ccc(C=CC(=O)c2ccccc2-n2cccn2)cc1. The summed E-state index contributed by atoms with van der Waals surface area (Å²) in [5.41, 5.74) is 2.92. The second kappa shape index (κ2) is 7.40. The lowest BCUT2D eigenvalue weighted by Crippen LogP contribution is -2.05. The first-order chi connectivity index (χ1) is 12.1. The Morgan fingerprint density at radius 1 is 1.04 bits per heavy atom. The Balaban J connectivity index is 1.79. The highest BCUT2D eigenvalue weighted by Crippen LogP contribution is 2.16. The largest absolute Gasteiger partial charge is 0.326 e. The number of nitrogens with zero attached hydrogens (tertiary/aromatic N) is 2. The highest BCUT2D eigenvalue weighted by molar-refractivity contribution is 6.09. The number of para-hydroxylation sites is 1. The topological polar surface area (TPSA) is 64.0 Å². The van der Waals surface area contributed by atoms with Gasteiger partial charge in [-0.25, -0.2) is 4.68 Å². The standard InChI is InChI=1S/C20H17N3O2/c1-15(24)22-17-10-7-16(8-11-17)9-12-20(25)18-5-2-3-6-19(18)23-14-4-13-21-23/h2-14H,1H3,(H,22,24). The highest BCUT2D eigenvalue weighted by Gasteiger charge is 2.09. The molecule has 1 aromatic heterocycles. The lowest BCUT2D eigenvalue weighted by Gasteiger charge is -2.06. The van der Waals surface area contributed by atoms with Crippen LogP contribution in [0.1, 0.15) is 22.8 Å². The summed E-state index contributed by atoms with van der Waals surface area (Å²) in [4.78, 5) is 23.6. The zero-order valence-corrected chi connectivity index (χ0v) is 13.7. The van der Waals surface area contributed by atoms with Gasteiger partial charge in [0.25, 0.3) is 0 Å². The van der Waals surface area contributed by atoms with E-state index in [1.807, 2.05) is 36.4 Å². The minimum Gasteiger partial charge on any atom is -0.326 e. The number of hydrogen-bond donors (Lipinski definition) is 1. The maximum absolute atomic E-state index is 12.6. The van der Waals surface area contributed by atoms with Crippen LogP contribution in [0.3, 0.4) is 0 Å². The minimum atomic E-state index is -0.117. The van der Waals surface area contributed by atoms with E-state index >= 15 is 0 Å². The molecule has 0 spiro atoms. The first-order valence-electron chi connectivity index (χ1n) is 7.82. The maximum atomic E-state index is 12.6. The van der Waals surface area contributed by atoms with Crippen LogP contribution in [0.25, 0.3) is 11.8 Å². The van der Waals surface area contributed by atoms with Gasteiger partial charge >= 0.3 is 0 Å². The summed E-state index contributed by atoms with van der Waals surface area (Å²) in [7, 11) is 0. The molecular weight excluding hydrogens is 314 g/mol. The van der Waals surface area contributed by atoms with Crippen molar-refractivity contribution in [3.05, 3.63) is 84.2 Å². The molecule has 2 aromatic carbocycles. The fourth-order valence-electron chi connectivity index (χ4n) is 2.44. The molecule has 3 aromatic rings. The molecule has 0 bridgehead atoms. The summed E-state index contributed by atoms with van der Waals surface area (Å²) in [6.07, 6.45) is 6.76. The van der Waals surface area contributed by atoms with E-state index < -0.39 is 0 Å². The fourth-order valence-corrected chi connectivity index (χ4v) is 2.44. The van der Waals surface area contributed by atoms with Crippen molar-refractivity contribution in [2.24, 2.45) is 0 Å². The van der Waals surface area contributed by atoms with Gasteiger partial charge in [-0.15, -0.1) is 0 Å². The Morgan fingerprint density at radius 3 is 2.48 bits per heavy atom. The van der Waals surface area contributed by atoms with Gasteiger partial charge < -0.3 is 5.32 Å². The Morgan fingerprint density at radius 2 is 1.80 bits per heavy atom. The molecule has 1 heterocycles. The van der Waals surface area contributed by atoms with E-state index in [9.17, 15) is 9.59 Å². The smallest absolute Gasteiger partial charge is 0.221 e. The van der Waals surface area contributed by atoms with Crippen molar-refractivity contribution in [1.82, 2.24) is 9.78 Å². The number of anilines is 1. The van der Waals surface area contributed by atoms with E-state index in [0.717, 1.165) is 16.9 Å². The summed E-state index contributed by atoms with van der Waals surface area (Å²) in [5, 5.41) is 6.89. The van der Waals surface area contributed by atoms with Gasteiger partial charge in [0, 0.05) is 30.6 Å². The van der Waals surface area contributed by atoms with E-state index in [1.165, 1.54) is 13.0 Å². The number of allylic oxidation sites excluding steroid dienone is 1. The number of rotatable bonds is 5. The van der Waals surface area contributed by atoms with Crippen molar-refractivity contribution < 1.29 is 9.59 Å². The highest BCUT2D eigenvalue weighted by atomic mass is 16.1. The van der Waals surface area contributed by atoms with Crippen LogP contribution in [0.15, 0.2) is 73.1 Å². The lowest BCUT2D eigenvalue weighted by molar-refractivity contribution is -0.114. The summed E-state index contributed by atoms with van der Waals surface area (Å²) in [6.45, 7) is 1.46. The molecule has 0 aliphatic carbocycles. The van der Waals surface area contributed by atoms with Crippen molar-refractivity contribution in [2.75, 3.05) is 5.32 Å². The molecule has 0 atom stereocenters. The molecule has 0 aliphatic heterocycles. The van der Waals surface area contributed by atoms with Gasteiger partial charge in [0.1, 0.15) is 0 Å². The molecule has 0 saturated carbocycles. The second-order valence-electron chi connectivity index (χ2n) is 5.47. The number of carbonyl (C=O) groups is 2. The molecule has 25 heavy (non-hydrogen) atoms. The molecule has 0 fully saturated rings. The Labute approximate surface area is 145 Å². The second-order valence-corrected chi connectivity index (χ2v) is 5.47. The number of aromatic nitrogens is 2. The van der Waals surface area contributed by atoms with E-state index in [4.69, 9.17) is 0 Å². The third-order valence-corrected chi connectivity index (χ3v) is 3.58. The third kappa shape index (κ3) is 4.09. The predicted octanol–water partition coefficient (Wildman–Crippen LogP) is 3.73. The molecule has 0 radical (unpaired) electrons. The van der Waals surface area contributed by atoms with Crippen LogP contribution in [0.2, 0.25) is 0 Å². The number of hydrogen-bond acceptors (Lipinski definition) is 3. The number of ketones is 1. The zero-order valence-electron chi connectivity index (χ0n) is 13.7. The summed E-state index contributed by atoms with van der Waals surface area (Å²) in [5.74, 6) is -0.217. The molecule has 3 rings (SSSR count). The van der Waals surface area contributed by atoms with Crippen molar-refractivity contribution >= 4 is 23.5 Å².